The van der Waals surface area contributed by atoms with Crippen molar-refractivity contribution in [2.24, 2.45) is 0 Å². The van der Waals surface area contributed by atoms with Crippen LogP contribution in [0.3, 0.4) is 0 Å². The Kier molecular flexibility index (Phi) is 5.06. The fourth-order valence-corrected chi connectivity index (χ4v) is 1.77. The van der Waals surface area contributed by atoms with Crippen molar-refractivity contribution in [2.45, 2.75) is 12.8 Å². The van der Waals surface area contributed by atoms with Crippen LogP contribution < -0.4 is 10.7 Å². The van der Waals surface area contributed by atoms with E-state index in [4.69, 9.17) is 17.3 Å². The maximum absolute atomic E-state index is 11.0. The second-order valence-corrected chi connectivity index (χ2v) is 4.52. The topological polar surface area (TPSA) is 64.6 Å². The largest absolute Gasteiger partial charge is 0.481 e. The molecule has 1 unspecified atom stereocenters. The number of benzene rings is 1. The number of nitrogens with zero attached hydrogens (tertiary/aromatic N) is 1. The molecule has 0 aliphatic carbocycles. The third kappa shape index (κ3) is 3.97. The van der Waals surface area contributed by atoms with Gasteiger partial charge in [0.1, 0.15) is 0 Å². The van der Waals surface area contributed by atoms with Crippen LogP contribution in [-0.2, 0) is 4.79 Å². The average Bonchev–Trinajstić information content (AvgIpc) is 2.27. The maximum Gasteiger partial charge on any atom is 0.310 e. The molecule has 6 heteroatoms. The standard InChI is InChI=1S/C12H17N3O2S/c1-8(11(16)17)9-6-4-5-7-10(9)13-12(18)14-15(2)3/h4-8H,1-3H3,(H,16,17)(H2,13,14,18). The Labute approximate surface area is 112 Å². The van der Waals surface area contributed by atoms with E-state index < -0.39 is 11.9 Å². The zero-order valence-electron chi connectivity index (χ0n) is 10.6. The lowest BCUT2D eigenvalue weighted by atomic mass is 9.99. The van der Waals surface area contributed by atoms with Gasteiger partial charge in [0, 0.05) is 19.8 Å². The smallest absolute Gasteiger partial charge is 0.310 e. The van der Waals surface area contributed by atoms with Crippen molar-refractivity contribution >= 4 is 29.0 Å². The summed E-state index contributed by atoms with van der Waals surface area (Å²) in [6, 6.07) is 7.22. The van der Waals surface area contributed by atoms with Crippen LogP contribution in [-0.4, -0.2) is 35.3 Å². The van der Waals surface area contributed by atoms with Crippen LogP contribution in [0, 0.1) is 0 Å². The monoisotopic (exact) mass is 267 g/mol. The molecule has 0 saturated heterocycles. The van der Waals surface area contributed by atoms with E-state index in [0.717, 1.165) is 0 Å². The van der Waals surface area contributed by atoms with Gasteiger partial charge in [0.2, 0.25) is 0 Å². The summed E-state index contributed by atoms with van der Waals surface area (Å²) in [7, 11) is 3.64. The molecule has 1 atom stereocenters. The molecule has 1 aromatic rings. The Balaban J connectivity index is 2.89. The van der Waals surface area contributed by atoms with Crippen LogP contribution in [0.4, 0.5) is 5.69 Å². The zero-order chi connectivity index (χ0) is 13.7. The highest BCUT2D eigenvalue weighted by Crippen LogP contribution is 2.24. The van der Waals surface area contributed by atoms with Gasteiger partial charge in [-0.1, -0.05) is 18.2 Å². The summed E-state index contributed by atoms with van der Waals surface area (Å²) in [5.74, 6) is -1.45. The van der Waals surface area contributed by atoms with Gasteiger partial charge in [0.25, 0.3) is 0 Å². The number of carboxylic acids is 1. The lowest BCUT2D eigenvalue weighted by Crippen LogP contribution is -2.39. The Hall–Kier alpha value is -1.66. The second-order valence-electron chi connectivity index (χ2n) is 4.11. The van der Waals surface area contributed by atoms with Crippen LogP contribution >= 0.6 is 12.2 Å². The fraction of sp³-hybridized carbons (Fsp3) is 0.333. The number of carboxylic acid groups (broad SMARTS) is 1. The molecule has 0 amide bonds. The van der Waals surface area contributed by atoms with E-state index >= 15 is 0 Å². The summed E-state index contributed by atoms with van der Waals surface area (Å²) in [6.45, 7) is 1.64. The Morgan fingerprint density at radius 2 is 2.00 bits per heavy atom. The summed E-state index contributed by atoms with van der Waals surface area (Å²) in [5.41, 5.74) is 4.30. The number of thiocarbonyl (C=S) groups is 1. The Bertz CT molecular complexity index is 449. The fourth-order valence-electron chi connectivity index (χ4n) is 1.47. The van der Waals surface area contributed by atoms with Crippen molar-refractivity contribution in [3.05, 3.63) is 29.8 Å². The number of rotatable bonds is 4. The molecule has 0 heterocycles. The molecule has 0 spiro atoms. The van der Waals surface area contributed by atoms with Gasteiger partial charge in [0.05, 0.1) is 5.92 Å². The van der Waals surface area contributed by atoms with Crippen LogP contribution in [0.2, 0.25) is 0 Å². The van der Waals surface area contributed by atoms with Gasteiger partial charge in [-0.2, -0.15) is 0 Å². The van der Waals surface area contributed by atoms with Gasteiger partial charge in [-0.3, -0.25) is 10.2 Å². The Morgan fingerprint density at radius 1 is 1.39 bits per heavy atom. The molecular weight excluding hydrogens is 250 g/mol. The first-order valence-electron chi connectivity index (χ1n) is 5.48. The zero-order valence-corrected chi connectivity index (χ0v) is 11.4. The minimum Gasteiger partial charge on any atom is -0.481 e. The number of carbonyl (C=O) groups is 1. The van der Waals surface area contributed by atoms with E-state index in [0.29, 0.717) is 16.4 Å². The molecule has 1 rings (SSSR count). The molecule has 0 fully saturated rings. The predicted molar refractivity (Wildman–Crippen MR) is 75.5 cm³/mol. The van der Waals surface area contributed by atoms with Crippen molar-refractivity contribution < 1.29 is 9.90 Å². The molecule has 18 heavy (non-hydrogen) atoms. The molecule has 0 radical (unpaired) electrons. The maximum atomic E-state index is 11.0. The van der Waals surface area contributed by atoms with Crippen molar-refractivity contribution in [3.8, 4) is 0 Å². The van der Waals surface area contributed by atoms with Gasteiger partial charge < -0.3 is 10.4 Å². The van der Waals surface area contributed by atoms with Gasteiger partial charge in [-0.25, -0.2) is 5.01 Å². The minimum absolute atomic E-state index is 0.421. The van der Waals surface area contributed by atoms with Crippen molar-refractivity contribution in [1.29, 1.82) is 0 Å². The molecule has 0 saturated carbocycles. The van der Waals surface area contributed by atoms with Crippen molar-refractivity contribution in [2.75, 3.05) is 19.4 Å². The summed E-state index contributed by atoms with van der Waals surface area (Å²) in [6.07, 6.45) is 0. The molecule has 3 N–H and O–H groups in total. The SMILES string of the molecule is CC(C(=O)O)c1ccccc1NC(=S)NN(C)C. The van der Waals surface area contributed by atoms with Gasteiger partial charge >= 0.3 is 5.97 Å². The quantitative estimate of drug-likeness (QED) is 0.569. The number of para-hydroxylation sites is 1. The first kappa shape index (κ1) is 14.4. The summed E-state index contributed by atoms with van der Waals surface area (Å²) in [4.78, 5) is 11.0. The molecule has 0 aromatic heterocycles. The number of aliphatic carboxylic acids is 1. The highest BCUT2D eigenvalue weighted by molar-refractivity contribution is 7.80. The third-order valence-corrected chi connectivity index (χ3v) is 2.56. The number of hydrogen-bond acceptors (Lipinski definition) is 3. The van der Waals surface area contributed by atoms with E-state index in [1.807, 2.05) is 26.2 Å². The predicted octanol–water partition coefficient (Wildman–Crippen LogP) is 1.64. The molecular formula is C12H17N3O2S. The van der Waals surface area contributed by atoms with Crippen molar-refractivity contribution in [3.63, 3.8) is 0 Å². The highest BCUT2D eigenvalue weighted by atomic mass is 32.1. The van der Waals surface area contributed by atoms with Crippen LogP contribution in [0.25, 0.3) is 0 Å². The molecule has 0 bridgehead atoms. The van der Waals surface area contributed by atoms with E-state index in [9.17, 15) is 4.79 Å². The molecule has 5 nitrogen and oxygen atoms in total. The molecule has 1 aromatic carbocycles. The highest BCUT2D eigenvalue weighted by Gasteiger charge is 2.17. The van der Waals surface area contributed by atoms with Gasteiger partial charge in [-0.15, -0.1) is 0 Å². The van der Waals surface area contributed by atoms with Gasteiger partial charge in [0.15, 0.2) is 5.11 Å². The lowest BCUT2D eigenvalue weighted by Gasteiger charge is -2.18. The van der Waals surface area contributed by atoms with Crippen molar-refractivity contribution in [1.82, 2.24) is 10.4 Å². The summed E-state index contributed by atoms with van der Waals surface area (Å²) >= 11 is 5.11. The summed E-state index contributed by atoms with van der Waals surface area (Å²) in [5, 5.41) is 14.2. The normalized spacial score (nSPS) is 12.0. The number of anilines is 1. The first-order valence-corrected chi connectivity index (χ1v) is 5.89. The summed E-state index contributed by atoms with van der Waals surface area (Å²) < 4.78 is 0. The molecule has 0 aliphatic rings. The van der Waals surface area contributed by atoms with Gasteiger partial charge in [-0.05, 0) is 30.8 Å². The van der Waals surface area contributed by atoms with Crippen LogP contribution in [0.5, 0.6) is 0 Å². The van der Waals surface area contributed by atoms with E-state index in [-0.39, 0.29) is 0 Å². The van der Waals surface area contributed by atoms with E-state index in [2.05, 4.69) is 10.7 Å². The first-order chi connectivity index (χ1) is 8.41. The number of hydrogen-bond donors (Lipinski definition) is 3. The average molecular weight is 267 g/mol. The van der Waals surface area contributed by atoms with Crippen LogP contribution in [0.15, 0.2) is 24.3 Å². The Morgan fingerprint density at radius 3 is 2.56 bits per heavy atom. The van der Waals surface area contributed by atoms with Crippen LogP contribution in [0.1, 0.15) is 18.4 Å². The molecule has 98 valence electrons. The third-order valence-electron chi connectivity index (χ3n) is 2.37. The lowest BCUT2D eigenvalue weighted by molar-refractivity contribution is -0.138. The second kappa shape index (κ2) is 6.32. The molecule has 0 aliphatic heterocycles. The van der Waals surface area contributed by atoms with E-state index in [1.54, 1.807) is 24.1 Å². The number of hydrazine groups is 1. The van der Waals surface area contributed by atoms with E-state index in [1.165, 1.54) is 0 Å². The number of nitrogens with one attached hydrogen (secondary N) is 2. The minimum atomic E-state index is -0.865.